The van der Waals surface area contributed by atoms with Crippen molar-refractivity contribution in [2.75, 3.05) is 13.1 Å². The number of alkyl halides is 3. The quantitative estimate of drug-likeness (QED) is 0.402. The summed E-state index contributed by atoms with van der Waals surface area (Å²) in [6.45, 7) is 1.73. The number of hydrogen-bond acceptors (Lipinski definition) is 5. The smallest absolute Gasteiger partial charge is 0.390 e. The lowest BCUT2D eigenvalue weighted by atomic mass is 9.91. The zero-order chi connectivity index (χ0) is 23.4. The van der Waals surface area contributed by atoms with Gasteiger partial charge in [-0.2, -0.15) is 13.2 Å². The molecule has 0 unspecified atom stereocenters. The summed E-state index contributed by atoms with van der Waals surface area (Å²) >= 11 is 1.41. The third kappa shape index (κ3) is 5.82. The molecule has 6 nitrogen and oxygen atoms in total. The van der Waals surface area contributed by atoms with Gasteiger partial charge in [-0.15, -0.1) is 11.3 Å². The number of carbonyl (C=O) groups excluding carboxylic acids is 1. The van der Waals surface area contributed by atoms with Gasteiger partial charge in [0.05, 0.1) is 23.9 Å². The lowest BCUT2D eigenvalue weighted by Gasteiger charge is -2.26. The van der Waals surface area contributed by atoms with E-state index in [1.807, 2.05) is 0 Å². The van der Waals surface area contributed by atoms with Gasteiger partial charge >= 0.3 is 6.18 Å². The Morgan fingerprint density at radius 1 is 1.18 bits per heavy atom. The van der Waals surface area contributed by atoms with Crippen LogP contribution in [0.15, 0.2) is 41.8 Å². The van der Waals surface area contributed by atoms with E-state index in [2.05, 4.69) is 20.6 Å². The highest BCUT2D eigenvalue weighted by Crippen LogP contribution is 2.31. The molecule has 1 aliphatic heterocycles. The van der Waals surface area contributed by atoms with Crippen LogP contribution in [-0.2, 0) is 12.8 Å². The van der Waals surface area contributed by atoms with Crippen LogP contribution >= 0.6 is 11.3 Å². The van der Waals surface area contributed by atoms with Gasteiger partial charge in [0.2, 0.25) is 0 Å². The Morgan fingerprint density at radius 2 is 1.91 bits per heavy atom. The van der Waals surface area contributed by atoms with Crippen LogP contribution in [0.5, 0.6) is 0 Å². The van der Waals surface area contributed by atoms with Gasteiger partial charge in [0.15, 0.2) is 0 Å². The fourth-order valence-corrected chi connectivity index (χ4v) is 4.87. The van der Waals surface area contributed by atoms with Crippen molar-refractivity contribution in [2.45, 2.75) is 38.1 Å². The first-order chi connectivity index (χ1) is 15.8. The van der Waals surface area contributed by atoms with E-state index in [0.717, 1.165) is 49.5 Å². The number of aliphatic hydroxyl groups is 1. The van der Waals surface area contributed by atoms with E-state index < -0.39 is 11.7 Å². The van der Waals surface area contributed by atoms with Crippen LogP contribution in [0, 0.1) is 5.92 Å². The zero-order valence-corrected chi connectivity index (χ0v) is 18.6. The molecule has 1 amide bonds. The molecule has 3 aromatic rings. The van der Waals surface area contributed by atoms with Crippen molar-refractivity contribution in [3.05, 3.63) is 63.7 Å². The zero-order valence-electron chi connectivity index (χ0n) is 17.8. The third-order valence-electron chi connectivity index (χ3n) is 5.82. The molecule has 1 atom stereocenters. The van der Waals surface area contributed by atoms with Crippen LogP contribution in [0.3, 0.4) is 0 Å². The van der Waals surface area contributed by atoms with Crippen molar-refractivity contribution < 1.29 is 23.1 Å². The van der Waals surface area contributed by atoms with Gasteiger partial charge < -0.3 is 20.7 Å². The van der Waals surface area contributed by atoms with Crippen LogP contribution in [-0.4, -0.2) is 34.1 Å². The second-order valence-corrected chi connectivity index (χ2v) is 9.04. The number of nitrogens with zero attached hydrogens (tertiary/aromatic N) is 1. The first-order valence-corrected chi connectivity index (χ1v) is 11.6. The number of aliphatic hydroxyl groups excluding tert-OH is 1. The number of H-pyrrole nitrogens is 1. The summed E-state index contributed by atoms with van der Waals surface area (Å²) in [6.07, 6.45) is -1.61. The van der Waals surface area contributed by atoms with Crippen molar-refractivity contribution >= 4 is 17.2 Å². The molecule has 0 radical (unpaired) electrons. The predicted octanol–water partition coefficient (Wildman–Crippen LogP) is 4.51. The maximum Gasteiger partial charge on any atom is 0.416 e. The van der Waals surface area contributed by atoms with E-state index in [1.54, 1.807) is 17.5 Å². The first kappa shape index (κ1) is 23.5. The third-order valence-corrected chi connectivity index (χ3v) is 6.82. The molecule has 4 rings (SSSR count). The Balaban J connectivity index is 1.49. The molecule has 4 N–H and O–H groups in total. The van der Waals surface area contributed by atoms with Crippen LogP contribution in [0.25, 0.3) is 11.3 Å². The number of amides is 1. The second-order valence-electron chi connectivity index (χ2n) is 8.15. The molecule has 1 saturated heterocycles. The van der Waals surface area contributed by atoms with Crippen molar-refractivity contribution in [2.24, 2.45) is 5.92 Å². The molecule has 1 fully saturated rings. The van der Waals surface area contributed by atoms with E-state index in [0.29, 0.717) is 28.6 Å². The molecule has 176 valence electrons. The molecule has 0 spiro atoms. The van der Waals surface area contributed by atoms with Crippen LogP contribution in [0.4, 0.5) is 13.2 Å². The van der Waals surface area contributed by atoms with Gasteiger partial charge in [0.1, 0.15) is 10.7 Å². The maximum absolute atomic E-state index is 13.0. The molecular weight excluding hydrogens is 453 g/mol. The van der Waals surface area contributed by atoms with E-state index in [-0.39, 0.29) is 18.6 Å². The summed E-state index contributed by atoms with van der Waals surface area (Å²) in [5, 5.41) is 18.3. The Morgan fingerprint density at radius 3 is 2.55 bits per heavy atom. The highest BCUT2D eigenvalue weighted by Gasteiger charge is 2.30. The molecular formula is C23H25F3N4O2S. The Labute approximate surface area is 193 Å². The number of aromatic amines is 1. The topological polar surface area (TPSA) is 90.0 Å². The number of nitrogens with one attached hydrogen (secondary N) is 3. The van der Waals surface area contributed by atoms with Gasteiger partial charge in [0, 0.05) is 11.1 Å². The molecule has 33 heavy (non-hydrogen) atoms. The maximum atomic E-state index is 13.0. The Hall–Kier alpha value is -2.69. The standard InChI is InChI=1S/C23H25F3N4O2S/c24-23(25,26)16-3-1-15(2-4-16)18-5-6-19(29-18)21(32)30-20(11-14-7-9-27-10-8-14)22-28-17(12-31)13-33-22/h1-6,13-14,20,27,29,31H,7-12H2,(H,30,32)/t20-/m1/s1. The molecule has 10 heteroatoms. The fourth-order valence-electron chi connectivity index (χ4n) is 4.00. The molecule has 0 saturated carbocycles. The van der Waals surface area contributed by atoms with E-state index in [9.17, 15) is 23.1 Å². The average molecular weight is 479 g/mol. The summed E-state index contributed by atoms with van der Waals surface area (Å²) in [6, 6.07) is 7.80. The minimum Gasteiger partial charge on any atom is -0.390 e. The van der Waals surface area contributed by atoms with Crippen molar-refractivity contribution in [3.63, 3.8) is 0 Å². The molecule has 2 aromatic heterocycles. The molecule has 0 aliphatic carbocycles. The lowest BCUT2D eigenvalue weighted by molar-refractivity contribution is -0.137. The number of rotatable bonds is 7. The number of aromatic nitrogens is 2. The van der Waals surface area contributed by atoms with Gasteiger partial charge in [-0.3, -0.25) is 4.79 Å². The number of carbonyl (C=O) groups is 1. The SMILES string of the molecule is O=C(N[C@H](CC1CCNCC1)c1nc(CO)cs1)c1ccc(-c2ccc(C(F)(F)F)cc2)[nH]1. The van der Waals surface area contributed by atoms with Gasteiger partial charge in [-0.25, -0.2) is 4.98 Å². The van der Waals surface area contributed by atoms with Crippen LogP contribution in [0.2, 0.25) is 0 Å². The number of thiazole rings is 1. The van der Waals surface area contributed by atoms with Gasteiger partial charge in [-0.1, -0.05) is 12.1 Å². The summed E-state index contributed by atoms with van der Waals surface area (Å²) in [4.78, 5) is 20.5. The van der Waals surface area contributed by atoms with Crippen molar-refractivity contribution in [1.29, 1.82) is 0 Å². The Bertz CT molecular complexity index is 1070. The summed E-state index contributed by atoms with van der Waals surface area (Å²) in [5.41, 5.74) is 1.28. The fraction of sp³-hybridized carbons (Fsp3) is 0.391. The number of benzene rings is 1. The highest BCUT2D eigenvalue weighted by atomic mass is 32.1. The summed E-state index contributed by atoms with van der Waals surface area (Å²) in [5.74, 6) is 0.136. The average Bonchev–Trinajstić information content (AvgIpc) is 3.49. The first-order valence-electron chi connectivity index (χ1n) is 10.8. The molecule has 0 bridgehead atoms. The van der Waals surface area contributed by atoms with Gasteiger partial charge in [0.25, 0.3) is 5.91 Å². The monoisotopic (exact) mass is 478 g/mol. The highest BCUT2D eigenvalue weighted by molar-refractivity contribution is 7.09. The number of piperidine rings is 1. The van der Waals surface area contributed by atoms with E-state index in [1.165, 1.54) is 23.5 Å². The van der Waals surface area contributed by atoms with Gasteiger partial charge in [-0.05, 0) is 68.1 Å². The predicted molar refractivity (Wildman–Crippen MR) is 120 cm³/mol. The normalized spacial score (nSPS) is 16.0. The van der Waals surface area contributed by atoms with E-state index >= 15 is 0 Å². The second kappa shape index (κ2) is 10.1. The van der Waals surface area contributed by atoms with Crippen LogP contribution < -0.4 is 10.6 Å². The molecule has 3 heterocycles. The molecule has 1 aliphatic rings. The molecule has 1 aromatic carbocycles. The Kier molecular flexibility index (Phi) is 7.16. The van der Waals surface area contributed by atoms with E-state index in [4.69, 9.17) is 0 Å². The lowest BCUT2D eigenvalue weighted by Crippen LogP contribution is -2.33. The minimum absolute atomic E-state index is 0.155. The van der Waals surface area contributed by atoms with Crippen molar-refractivity contribution in [3.8, 4) is 11.3 Å². The largest absolute Gasteiger partial charge is 0.416 e. The number of hydrogen-bond donors (Lipinski definition) is 4. The number of halogens is 3. The minimum atomic E-state index is -4.39. The summed E-state index contributed by atoms with van der Waals surface area (Å²) < 4.78 is 38.4. The van der Waals surface area contributed by atoms with Crippen molar-refractivity contribution in [1.82, 2.24) is 20.6 Å². The summed E-state index contributed by atoms with van der Waals surface area (Å²) in [7, 11) is 0. The van der Waals surface area contributed by atoms with Crippen LogP contribution in [0.1, 0.15) is 52.1 Å².